The lowest BCUT2D eigenvalue weighted by atomic mass is 10.7. The van der Waals surface area contributed by atoms with Crippen molar-refractivity contribution in [3.8, 4) is 0 Å². The Kier molecular flexibility index (Phi) is 1.72. The van der Waals surface area contributed by atoms with E-state index in [9.17, 15) is 0 Å². The van der Waals surface area contributed by atoms with Crippen LogP contribution in [-0.2, 0) is 0 Å². The van der Waals surface area contributed by atoms with Crippen LogP contribution in [-0.4, -0.2) is 6.72 Å². The van der Waals surface area contributed by atoms with E-state index >= 15 is 0 Å². The van der Waals surface area contributed by atoms with Crippen LogP contribution in [0, 0.1) is 0 Å². The summed E-state index contributed by atoms with van der Waals surface area (Å²) in [7, 11) is 0. The number of nitrogens with zero attached hydrogens (tertiary/aromatic N) is 1. The first kappa shape index (κ1) is 5.81. The van der Waals surface area contributed by atoms with Crippen LogP contribution in [0.1, 0.15) is 0 Å². The highest BCUT2D eigenvalue weighted by molar-refractivity contribution is 5.28. The molecular formula is C3H8N4. The predicted octanol–water partition coefficient (Wildman–Crippen LogP) is -1.31. The topological polar surface area (TPSA) is 90.4 Å². The zero-order valence-corrected chi connectivity index (χ0v) is 3.89. The summed E-state index contributed by atoms with van der Waals surface area (Å²) in [6, 6.07) is 0. The van der Waals surface area contributed by atoms with Crippen LogP contribution in [0.4, 0.5) is 0 Å². The van der Waals surface area contributed by atoms with Gasteiger partial charge in [0.05, 0.1) is 0 Å². The summed E-state index contributed by atoms with van der Waals surface area (Å²) in [5, 5.41) is 0. The van der Waals surface area contributed by atoms with Gasteiger partial charge in [-0.1, -0.05) is 0 Å². The third-order valence-electron chi connectivity index (χ3n) is 0.466. The summed E-state index contributed by atoms with van der Waals surface area (Å²) in [4.78, 5) is 3.25. The van der Waals surface area contributed by atoms with Gasteiger partial charge in [-0.05, 0) is 6.72 Å². The normalized spacial score (nSPS) is 7.43. The smallest absolute Gasteiger partial charge is 0.163 e. The average Bonchev–Trinajstić information content (AvgIpc) is 1.65. The second kappa shape index (κ2) is 2.07. The third-order valence-corrected chi connectivity index (χ3v) is 0.466. The Morgan fingerprint density at radius 1 is 1.29 bits per heavy atom. The number of aliphatic imine (C=N–C) groups is 1. The van der Waals surface area contributed by atoms with E-state index in [1.165, 1.54) is 0 Å². The second-order valence-corrected chi connectivity index (χ2v) is 0.999. The molecule has 0 aliphatic carbocycles. The van der Waals surface area contributed by atoms with Gasteiger partial charge in [-0.15, -0.1) is 0 Å². The van der Waals surface area contributed by atoms with Crippen LogP contribution in [0.3, 0.4) is 0 Å². The molecule has 0 bridgehead atoms. The molecule has 40 valence electrons. The van der Waals surface area contributed by atoms with Crippen molar-refractivity contribution in [1.82, 2.24) is 0 Å². The zero-order chi connectivity index (χ0) is 5.86. The van der Waals surface area contributed by atoms with Gasteiger partial charge in [-0.3, -0.25) is 0 Å². The molecule has 7 heavy (non-hydrogen) atoms. The van der Waals surface area contributed by atoms with Gasteiger partial charge in [0.2, 0.25) is 0 Å². The minimum atomic E-state index is 0.00926. The molecule has 0 fully saturated rings. The van der Waals surface area contributed by atoms with Crippen LogP contribution >= 0.6 is 0 Å². The molecule has 0 aromatic rings. The van der Waals surface area contributed by atoms with Gasteiger partial charge < -0.3 is 17.2 Å². The summed E-state index contributed by atoms with van der Waals surface area (Å²) >= 11 is 0. The molecule has 0 saturated carbocycles. The van der Waals surface area contributed by atoms with Crippen LogP contribution in [0.25, 0.3) is 0 Å². The van der Waals surface area contributed by atoms with Gasteiger partial charge >= 0.3 is 0 Å². The molecular weight excluding hydrogens is 92.1 g/mol. The van der Waals surface area contributed by atoms with Crippen LogP contribution in [0.15, 0.2) is 16.6 Å². The fourth-order valence-corrected chi connectivity index (χ4v) is 0.0913. The molecule has 4 nitrogen and oxygen atoms in total. The summed E-state index contributed by atoms with van der Waals surface area (Å²) in [5.74, 6) is 0.0926. The number of rotatable bonds is 1. The van der Waals surface area contributed by atoms with Gasteiger partial charge in [0.1, 0.15) is 5.82 Å². The monoisotopic (exact) mass is 100 g/mol. The number of nitrogens with two attached hydrogens (primary N) is 3. The Morgan fingerprint density at radius 2 is 1.71 bits per heavy atom. The van der Waals surface area contributed by atoms with Gasteiger partial charge in [0.25, 0.3) is 0 Å². The van der Waals surface area contributed by atoms with Crippen LogP contribution < -0.4 is 17.2 Å². The first-order valence-electron chi connectivity index (χ1n) is 1.66. The summed E-state index contributed by atoms with van der Waals surface area (Å²) in [6.45, 7) is 3.09. The van der Waals surface area contributed by atoms with Gasteiger partial charge in [0.15, 0.2) is 5.82 Å². The zero-order valence-electron chi connectivity index (χ0n) is 3.89. The van der Waals surface area contributed by atoms with E-state index in [-0.39, 0.29) is 11.6 Å². The first-order valence-corrected chi connectivity index (χ1v) is 1.66. The molecule has 0 rings (SSSR count). The minimum Gasteiger partial charge on any atom is -0.383 e. The quantitative estimate of drug-likeness (QED) is 0.357. The molecule has 0 aromatic carbocycles. The van der Waals surface area contributed by atoms with E-state index in [0.29, 0.717) is 0 Å². The summed E-state index contributed by atoms with van der Waals surface area (Å²) in [5.41, 5.74) is 14.9. The molecule has 6 N–H and O–H groups in total. The van der Waals surface area contributed by atoms with Crippen molar-refractivity contribution in [2.75, 3.05) is 0 Å². The van der Waals surface area contributed by atoms with E-state index in [4.69, 9.17) is 17.2 Å². The van der Waals surface area contributed by atoms with Crippen LogP contribution in [0.5, 0.6) is 0 Å². The lowest BCUT2D eigenvalue weighted by Gasteiger charge is -1.90. The van der Waals surface area contributed by atoms with Crippen molar-refractivity contribution >= 4 is 6.72 Å². The maximum Gasteiger partial charge on any atom is 0.163 e. The highest BCUT2D eigenvalue weighted by Gasteiger charge is 1.82. The molecule has 0 aliphatic heterocycles. The van der Waals surface area contributed by atoms with E-state index in [2.05, 4.69) is 11.7 Å². The summed E-state index contributed by atoms with van der Waals surface area (Å²) in [6.07, 6.45) is 0. The molecule has 4 heteroatoms. The Labute approximate surface area is 41.7 Å². The van der Waals surface area contributed by atoms with E-state index in [1.54, 1.807) is 0 Å². The molecule has 0 atom stereocenters. The van der Waals surface area contributed by atoms with Crippen molar-refractivity contribution in [2.24, 2.45) is 22.2 Å². The second-order valence-electron chi connectivity index (χ2n) is 0.999. The predicted molar refractivity (Wildman–Crippen MR) is 29.1 cm³/mol. The van der Waals surface area contributed by atoms with E-state index in [1.807, 2.05) is 0 Å². The Hall–Kier alpha value is -1.19. The number of hydrogen-bond acceptors (Lipinski definition) is 4. The fraction of sp³-hybridized carbons (Fsp3) is 0. The Balaban J connectivity index is 3.98. The largest absolute Gasteiger partial charge is 0.383 e. The number of hydrogen-bond donors (Lipinski definition) is 3. The lowest BCUT2D eigenvalue weighted by Crippen LogP contribution is -2.15. The van der Waals surface area contributed by atoms with E-state index < -0.39 is 0 Å². The van der Waals surface area contributed by atoms with Crippen molar-refractivity contribution in [2.45, 2.75) is 0 Å². The van der Waals surface area contributed by atoms with Crippen molar-refractivity contribution in [1.29, 1.82) is 0 Å². The molecule has 0 aromatic heterocycles. The van der Waals surface area contributed by atoms with Gasteiger partial charge in [-0.25, -0.2) is 4.99 Å². The van der Waals surface area contributed by atoms with Gasteiger partial charge in [-0.2, -0.15) is 0 Å². The first-order chi connectivity index (χ1) is 3.18. The third kappa shape index (κ3) is 1.64. The maximum absolute atomic E-state index is 5.02. The van der Waals surface area contributed by atoms with E-state index in [0.717, 1.165) is 0 Å². The summed E-state index contributed by atoms with van der Waals surface area (Å²) < 4.78 is 0. The molecule has 0 saturated heterocycles. The van der Waals surface area contributed by atoms with Gasteiger partial charge in [0, 0.05) is 0 Å². The molecule has 0 aliphatic rings. The highest BCUT2D eigenvalue weighted by atomic mass is 15.0. The average molecular weight is 100 g/mol. The van der Waals surface area contributed by atoms with Crippen molar-refractivity contribution < 1.29 is 0 Å². The van der Waals surface area contributed by atoms with Crippen molar-refractivity contribution in [3.63, 3.8) is 0 Å². The Bertz CT molecular complexity index is 99.5. The standard InChI is InChI=1S/C3H8N4/c1-7-3(6)2(4)5/h1,4-6H2. The molecule has 0 unspecified atom stereocenters. The molecule has 0 spiro atoms. The Morgan fingerprint density at radius 3 is 1.71 bits per heavy atom. The SMILES string of the molecule is C=NC(N)=C(N)N. The van der Waals surface area contributed by atoms with Crippen LogP contribution in [0.2, 0.25) is 0 Å². The minimum absolute atomic E-state index is 0.00926. The van der Waals surface area contributed by atoms with Crippen molar-refractivity contribution in [3.05, 3.63) is 11.6 Å². The maximum atomic E-state index is 5.02. The molecule has 0 amide bonds. The highest BCUT2D eigenvalue weighted by Crippen LogP contribution is 1.79. The fourth-order valence-electron chi connectivity index (χ4n) is 0.0913. The lowest BCUT2D eigenvalue weighted by molar-refractivity contribution is 1.10. The molecule has 0 radical (unpaired) electrons. The molecule has 0 heterocycles.